The van der Waals surface area contributed by atoms with Crippen LogP contribution in [-0.2, 0) is 0 Å². The second kappa shape index (κ2) is 4.94. The van der Waals surface area contributed by atoms with Gasteiger partial charge in [0.2, 0.25) is 0 Å². The molecular formula is C12H22O2. The summed E-state index contributed by atoms with van der Waals surface area (Å²) in [6.45, 7) is 6.48. The van der Waals surface area contributed by atoms with Crippen molar-refractivity contribution in [3.63, 3.8) is 0 Å². The van der Waals surface area contributed by atoms with Gasteiger partial charge in [0, 0.05) is 0 Å². The Hall–Kier alpha value is -0.340. The van der Waals surface area contributed by atoms with E-state index < -0.39 is 0 Å². The molecule has 82 valence electrons. The summed E-state index contributed by atoms with van der Waals surface area (Å²) in [4.78, 5) is 0. The highest BCUT2D eigenvalue weighted by Gasteiger charge is 2.32. The minimum atomic E-state index is -0.342. The molecule has 2 heteroatoms. The zero-order valence-electron chi connectivity index (χ0n) is 9.40. The van der Waals surface area contributed by atoms with Crippen LogP contribution in [0.15, 0.2) is 11.6 Å². The molecule has 0 unspecified atom stereocenters. The zero-order valence-corrected chi connectivity index (χ0v) is 9.40. The predicted octanol–water partition coefficient (Wildman–Crippen LogP) is 1.97. The molecule has 0 heterocycles. The maximum Gasteiger partial charge on any atom is 0.0784 e. The molecule has 0 bridgehead atoms. The van der Waals surface area contributed by atoms with Crippen molar-refractivity contribution in [1.29, 1.82) is 0 Å². The van der Waals surface area contributed by atoms with Crippen LogP contribution in [0.4, 0.5) is 0 Å². The Balaban J connectivity index is 2.77. The SMILES string of the molecule is CC(C)[C@@H]1CC[C@@H](C)/C(=C/CO)[C@H]1O. The van der Waals surface area contributed by atoms with Gasteiger partial charge in [-0.05, 0) is 36.2 Å². The van der Waals surface area contributed by atoms with E-state index in [0.717, 1.165) is 18.4 Å². The summed E-state index contributed by atoms with van der Waals surface area (Å²) < 4.78 is 0. The fraction of sp³-hybridized carbons (Fsp3) is 0.833. The summed E-state index contributed by atoms with van der Waals surface area (Å²) in [5.41, 5.74) is 1.04. The normalized spacial score (nSPS) is 36.7. The van der Waals surface area contributed by atoms with Gasteiger partial charge in [-0.1, -0.05) is 26.8 Å². The minimum Gasteiger partial charge on any atom is -0.392 e. The molecule has 1 aliphatic carbocycles. The number of rotatable bonds is 2. The van der Waals surface area contributed by atoms with Crippen LogP contribution >= 0.6 is 0 Å². The van der Waals surface area contributed by atoms with Crippen LogP contribution in [0, 0.1) is 17.8 Å². The molecule has 0 amide bonds. The van der Waals surface area contributed by atoms with Crippen LogP contribution in [0.5, 0.6) is 0 Å². The molecule has 0 aliphatic heterocycles. The first-order chi connectivity index (χ1) is 6.57. The van der Waals surface area contributed by atoms with Gasteiger partial charge in [0.05, 0.1) is 12.7 Å². The summed E-state index contributed by atoms with van der Waals surface area (Å²) in [6, 6.07) is 0. The van der Waals surface area contributed by atoms with E-state index in [0.29, 0.717) is 17.8 Å². The second-order valence-corrected chi connectivity index (χ2v) is 4.72. The van der Waals surface area contributed by atoms with Crippen molar-refractivity contribution in [3.05, 3.63) is 11.6 Å². The van der Waals surface area contributed by atoms with E-state index in [1.165, 1.54) is 0 Å². The van der Waals surface area contributed by atoms with Gasteiger partial charge in [0.15, 0.2) is 0 Å². The van der Waals surface area contributed by atoms with Crippen molar-refractivity contribution in [1.82, 2.24) is 0 Å². The van der Waals surface area contributed by atoms with Gasteiger partial charge >= 0.3 is 0 Å². The number of aliphatic hydroxyl groups is 2. The van der Waals surface area contributed by atoms with Gasteiger partial charge in [-0.15, -0.1) is 0 Å². The molecule has 1 rings (SSSR count). The van der Waals surface area contributed by atoms with Crippen LogP contribution in [0.1, 0.15) is 33.6 Å². The third kappa shape index (κ3) is 2.37. The van der Waals surface area contributed by atoms with Crippen molar-refractivity contribution in [2.75, 3.05) is 6.61 Å². The summed E-state index contributed by atoms with van der Waals surface area (Å²) in [5.74, 6) is 1.30. The summed E-state index contributed by atoms with van der Waals surface area (Å²) >= 11 is 0. The first-order valence-electron chi connectivity index (χ1n) is 5.56. The van der Waals surface area contributed by atoms with E-state index in [4.69, 9.17) is 5.11 Å². The first-order valence-corrected chi connectivity index (χ1v) is 5.56. The molecule has 3 atom stereocenters. The maximum absolute atomic E-state index is 10.1. The second-order valence-electron chi connectivity index (χ2n) is 4.72. The molecule has 0 aromatic carbocycles. The van der Waals surface area contributed by atoms with Crippen LogP contribution in [0.2, 0.25) is 0 Å². The maximum atomic E-state index is 10.1. The fourth-order valence-electron chi connectivity index (χ4n) is 2.43. The molecule has 1 fully saturated rings. The first kappa shape index (κ1) is 11.7. The highest BCUT2D eigenvalue weighted by molar-refractivity contribution is 5.16. The standard InChI is InChI=1S/C12H22O2/c1-8(2)10-5-4-9(3)11(6-7-13)12(10)14/h6,8-10,12-14H,4-5,7H2,1-3H3/b11-6-/t9-,10+,12+/m1/s1. The summed E-state index contributed by atoms with van der Waals surface area (Å²) in [7, 11) is 0. The highest BCUT2D eigenvalue weighted by Crippen LogP contribution is 2.36. The van der Waals surface area contributed by atoms with Gasteiger partial charge < -0.3 is 10.2 Å². The Labute approximate surface area is 86.6 Å². The summed E-state index contributed by atoms with van der Waals surface area (Å²) in [5, 5.41) is 19.0. The molecule has 0 aromatic rings. The van der Waals surface area contributed by atoms with E-state index >= 15 is 0 Å². The van der Waals surface area contributed by atoms with Crippen LogP contribution in [-0.4, -0.2) is 22.9 Å². The molecule has 2 N–H and O–H groups in total. The zero-order chi connectivity index (χ0) is 10.7. The third-order valence-electron chi connectivity index (χ3n) is 3.43. The molecule has 1 aliphatic rings. The van der Waals surface area contributed by atoms with Crippen molar-refractivity contribution in [3.8, 4) is 0 Å². The van der Waals surface area contributed by atoms with Crippen molar-refractivity contribution in [2.24, 2.45) is 17.8 Å². The lowest BCUT2D eigenvalue weighted by Crippen LogP contribution is -2.34. The van der Waals surface area contributed by atoms with Crippen LogP contribution in [0.3, 0.4) is 0 Å². The van der Waals surface area contributed by atoms with E-state index in [9.17, 15) is 5.11 Å². The number of hydrogen-bond donors (Lipinski definition) is 2. The average molecular weight is 198 g/mol. The molecule has 1 saturated carbocycles. The molecular weight excluding hydrogens is 176 g/mol. The lowest BCUT2D eigenvalue weighted by Gasteiger charge is -2.36. The Morgan fingerprint density at radius 3 is 2.57 bits per heavy atom. The molecule has 0 radical (unpaired) electrons. The molecule has 2 nitrogen and oxygen atoms in total. The van der Waals surface area contributed by atoms with Gasteiger partial charge in [-0.3, -0.25) is 0 Å². The monoisotopic (exact) mass is 198 g/mol. The number of hydrogen-bond acceptors (Lipinski definition) is 2. The van der Waals surface area contributed by atoms with Crippen molar-refractivity contribution in [2.45, 2.75) is 39.7 Å². The predicted molar refractivity (Wildman–Crippen MR) is 57.9 cm³/mol. The van der Waals surface area contributed by atoms with Crippen molar-refractivity contribution >= 4 is 0 Å². The van der Waals surface area contributed by atoms with E-state index in [1.807, 2.05) is 0 Å². The fourth-order valence-corrected chi connectivity index (χ4v) is 2.43. The van der Waals surface area contributed by atoms with E-state index in [2.05, 4.69) is 20.8 Å². The lowest BCUT2D eigenvalue weighted by molar-refractivity contribution is 0.0725. The van der Waals surface area contributed by atoms with Gasteiger partial charge in [0.1, 0.15) is 0 Å². The Kier molecular flexibility index (Phi) is 4.14. The van der Waals surface area contributed by atoms with Crippen molar-refractivity contribution < 1.29 is 10.2 Å². The Bertz CT molecular complexity index is 208. The van der Waals surface area contributed by atoms with Crippen LogP contribution in [0.25, 0.3) is 0 Å². The quantitative estimate of drug-likeness (QED) is 0.666. The van der Waals surface area contributed by atoms with Crippen LogP contribution < -0.4 is 0 Å². The molecule has 0 aromatic heterocycles. The lowest BCUT2D eigenvalue weighted by atomic mass is 9.72. The highest BCUT2D eigenvalue weighted by atomic mass is 16.3. The van der Waals surface area contributed by atoms with E-state index in [-0.39, 0.29) is 12.7 Å². The van der Waals surface area contributed by atoms with Gasteiger partial charge in [0.25, 0.3) is 0 Å². The topological polar surface area (TPSA) is 40.5 Å². The minimum absolute atomic E-state index is 0.0432. The number of aliphatic hydroxyl groups excluding tert-OH is 2. The summed E-state index contributed by atoms with van der Waals surface area (Å²) in [6.07, 6.45) is 3.67. The average Bonchev–Trinajstić information content (AvgIpc) is 2.11. The smallest absolute Gasteiger partial charge is 0.0784 e. The third-order valence-corrected chi connectivity index (χ3v) is 3.43. The Morgan fingerprint density at radius 2 is 2.07 bits per heavy atom. The molecule has 0 spiro atoms. The van der Waals surface area contributed by atoms with Gasteiger partial charge in [-0.25, -0.2) is 0 Å². The largest absolute Gasteiger partial charge is 0.392 e. The molecule has 0 saturated heterocycles. The van der Waals surface area contributed by atoms with E-state index in [1.54, 1.807) is 6.08 Å². The Morgan fingerprint density at radius 1 is 1.43 bits per heavy atom. The van der Waals surface area contributed by atoms with Gasteiger partial charge in [-0.2, -0.15) is 0 Å². The molecule has 14 heavy (non-hydrogen) atoms.